The highest BCUT2D eigenvalue weighted by Crippen LogP contribution is 2.29. The monoisotopic (exact) mass is 303 g/mol. The van der Waals surface area contributed by atoms with Gasteiger partial charge in [-0.2, -0.15) is 0 Å². The fourth-order valence-corrected chi connectivity index (χ4v) is 2.58. The van der Waals surface area contributed by atoms with Crippen LogP contribution in [-0.4, -0.2) is 22.6 Å². The Morgan fingerprint density at radius 2 is 2.23 bits per heavy atom. The van der Waals surface area contributed by atoms with Gasteiger partial charge in [0.1, 0.15) is 5.82 Å². The van der Waals surface area contributed by atoms with E-state index in [0.717, 1.165) is 11.3 Å². The smallest absolute Gasteiger partial charge is 0.227 e. The minimum Gasteiger partial charge on any atom is -0.425 e. The first-order valence-electron chi connectivity index (χ1n) is 7.45. The highest BCUT2D eigenvalue weighted by atomic mass is 19.1. The number of hydrogen-bond acceptors (Lipinski definition) is 4. The molecule has 0 atom stereocenters. The Bertz CT molecular complexity index is 696. The fraction of sp³-hybridized carbons (Fsp3) is 0.438. The second kappa shape index (κ2) is 5.87. The lowest BCUT2D eigenvalue weighted by Gasteiger charge is -2.16. The van der Waals surface area contributed by atoms with E-state index < -0.39 is 0 Å². The number of aromatic nitrogens is 2. The summed E-state index contributed by atoms with van der Waals surface area (Å²) in [5, 5.41) is 7.91. The van der Waals surface area contributed by atoms with E-state index in [1.54, 1.807) is 11.0 Å². The molecule has 0 saturated carbocycles. The van der Waals surface area contributed by atoms with Crippen LogP contribution in [0.15, 0.2) is 22.6 Å². The highest BCUT2D eigenvalue weighted by Gasteiger charge is 2.25. The van der Waals surface area contributed by atoms with Gasteiger partial charge < -0.3 is 9.32 Å². The van der Waals surface area contributed by atoms with Gasteiger partial charge in [-0.1, -0.05) is 13.8 Å². The second-order valence-corrected chi connectivity index (χ2v) is 5.76. The highest BCUT2D eigenvalue weighted by molar-refractivity contribution is 5.95. The van der Waals surface area contributed by atoms with Crippen molar-refractivity contribution in [3.63, 3.8) is 0 Å². The lowest BCUT2D eigenvalue weighted by atomic mass is 10.1. The van der Waals surface area contributed by atoms with Crippen LogP contribution < -0.4 is 4.90 Å². The molecule has 1 aromatic heterocycles. The number of rotatable bonds is 4. The Morgan fingerprint density at radius 1 is 1.41 bits per heavy atom. The average Bonchev–Trinajstić information content (AvgIpc) is 3.11. The molecule has 0 aliphatic carbocycles. The quantitative estimate of drug-likeness (QED) is 0.871. The molecule has 2 aromatic rings. The molecule has 0 unspecified atom stereocenters. The number of aryl methyl sites for hydroxylation is 1. The van der Waals surface area contributed by atoms with Crippen LogP contribution in [-0.2, 0) is 17.6 Å². The number of carbonyl (C=O) groups is 1. The minimum absolute atomic E-state index is 0.00495. The maximum absolute atomic E-state index is 13.2. The molecule has 0 spiro atoms. The molecule has 1 amide bonds. The van der Waals surface area contributed by atoms with Crippen molar-refractivity contribution in [2.24, 2.45) is 0 Å². The van der Waals surface area contributed by atoms with Gasteiger partial charge in [-0.25, -0.2) is 4.39 Å². The van der Waals surface area contributed by atoms with Crippen molar-refractivity contribution in [2.45, 2.75) is 39.0 Å². The zero-order valence-electron chi connectivity index (χ0n) is 12.7. The van der Waals surface area contributed by atoms with E-state index in [4.69, 9.17) is 4.42 Å². The first-order chi connectivity index (χ1) is 10.5. The normalized spacial score (nSPS) is 13.7. The van der Waals surface area contributed by atoms with Gasteiger partial charge in [-0.3, -0.25) is 4.79 Å². The number of nitrogens with zero attached hydrogens (tertiary/aromatic N) is 3. The number of hydrogen-bond donors (Lipinski definition) is 0. The number of amides is 1. The molecular weight excluding hydrogens is 285 g/mol. The van der Waals surface area contributed by atoms with Crippen LogP contribution in [0.1, 0.15) is 43.5 Å². The van der Waals surface area contributed by atoms with Gasteiger partial charge in [0, 0.05) is 31.0 Å². The van der Waals surface area contributed by atoms with Crippen LogP contribution in [0.2, 0.25) is 0 Å². The Balaban J connectivity index is 1.64. The van der Waals surface area contributed by atoms with Crippen molar-refractivity contribution in [2.75, 3.05) is 11.4 Å². The summed E-state index contributed by atoms with van der Waals surface area (Å²) in [5.74, 6) is 0.979. The van der Waals surface area contributed by atoms with E-state index in [2.05, 4.69) is 10.2 Å². The van der Waals surface area contributed by atoms with Gasteiger partial charge >= 0.3 is 0 Å². The lowest BCUT2D eigenvalue weighted by Crippen LogP contribution is -2.29. The minimum atomic E-state index is -0.264. The van der Waals surface area contributed by atoms with Crippen LogP contribution in [0.3, 0.4) is 0 Å². The summed E-state index contributed by atoms with van der Waals surface area (Å²) in [7, 11) is 0. The Labute approximate surface area is 128 Å². The third-order valence-corrected chi connectivity index (χ3v) is 3.77. The van der Waals surface area contributed by atoms with Gasteiger partial charge in [0.05, 0.1) is 0 Å². The van der Waals surface area contributed by atoms with Crippen LogP contribution >= 0.6 is 0 Å². The maximum Gasteiger partial charge on any atom is 0.227 e. The van der Waals surface area contributed by atoms with Crippen molar-refractivity contribution in [3.05, 3.63) is 41.4 Å². The molecule has 1 aliphatic heterocycles. The standard InChI is InChI=1S/C16H18FN3O2/c1-10(2)16-19-18-14(22-16)5-6-15(21)20-8-7-11-9-12(17)3-4-13(11)20/h3-4,9-10H,5-8H2,1-2H3. The molecule has 3 rings (SSSR count). The van der Waals surface area contributed by atoms with Crippen LogP contribution in [0.4, 0.5) is 10.1 Å². The Morgan fingerprint density at radius 3 is 2.95 bits per heavy atom. The predicted octanol–water partition coefficient (Wildman–Crippen LogP) is 2.85. The molecule has 0 bridgehead atoms. The van der Waals surface area contributed by atoms with Gasteiger partial charge in [0.15, 0.2) is 0 Å². The number of carbonyl (C=O) groups excluding carboxylic acids is 1. The molecule has 2 heterocycles. The third kappa shape index (κ3) is 2.86. The van der Waals surface area contributed by atoms with Gasteiger partial charge in [0.2, 0.25) is 17.7 Å². The number of halogens is 1. The maximum atomic E-state index is 13.2. The number of fused-ring (bicyclic) bond motifs is 1. The summed E-state index contributed by atoms with van der Waals surface area (Å²) in [6.07, 6.45) is 1.42. The first kappa shape index (κ1) is 14.7. The summed E-state index contributed by atoms with van der Waals surface area (Å²) < 4.78 is 18.7. The number of benzene rings is 1. The fourth-order valence-electron chi connectivity index (χ4n) is 2.58. The van der Waals surface area contributed by atoms with Crippen LogP contribution in [0, 0.1) is 5.82 Å². The SMILES string of the molecule is CC(C)c1nnc(CCC(=O)N2CCc3cc(F)ccc32)o1. The topological polar surface area (TPSA) is 59.2 Å². The van der Waals surface area contributed by atoms with Crippen molar-refractivity contribution in [1.29, 1.82) is 0 Å². The van der Waals surface area contributed by atoms with Crippen LogP contribution in [0.25, 0.3) is 0 Å². The van der Waals surface area contributed by atoms with Crippen molar-refractivity contribution in [1.82, 2.24) is 10.2 Å². The molecule has 1 aromatic carbocycles. The molecule has 116 valence electrons. The molecule has 6 heteroatoms. The van der Waals surface area contributed by atoms with Crippen molar-refractivity contribution in [3.8, 4) is 0 Å². The second-order valence-electron chi connectivity index (χ2n) is 5.76. The van der Waals surface area contributed by atoms with E-state index in [0.29, 0.717) is 37.6 Å². The zero-order valence-corrected chi connectivity index (χ0v) is 12.7. The molecule has 1 aliphatic rings. The van der Waals surface area contributed by atoms with E-state index in [9.17, 15) is 9.18 Å². The average molecular weight is 303 g/mol. The largest absolute Gasteiger partial charge is 0.425 e. The van der Waals surface area contributed by atoms with Crippen molar-refractivity contribution < 1.29 is 13.6 Å². The molecule has 0 N–H and O–H groups in total. The summed E-state index contributed by atoms with van der Waals surface area (Å²) in [4.78, 5) is 14.1. The summed E-state index contributed by atoms with van der Waals surface area (Å²) >= 11 is 0. The van der Waals surface area contributed by atoms with E-state index in [-0.39, 0.29) is 17.6 Å². The summed E-state index contributed by atoms with van der Waals surface area (Å²) in [5.41, 5.74) is 1.69. The molecule has 0 radical (unpaired) electrons. The zero-order chi connectivity index (χ0) is 15.7. The summed E-state index contributed by atoms with van der Waals surface area (Å²) in [6, 6.07) is 4.55. The van der Waals surface area contributed by atoms with E-state index >= 15 is 0 Å². The lowest BCUT2D eigenvalue weighted by molar-refractivity contribution is -0.118. The van der Waals surface area contributed by atoms with E-state index in [1.807, 2.05) is 13.8 Å². The van der Waals surface area contributed by atoms with Gasteiger partial charge in [-0.05, 0) is 30.2 Å². The molecule has 5 nitrogen and oxygen atoms in total. The number of anilines is 1. The van der Waals surface area contributed by atoms with Crippen LogP contribution in [0.5, 0.6) is 0 Å². The van der Waals surface area contributed by atoms with Crippen molar-refractivity contribution >= 4 is 11.6 Å². The summed E-state index contributed by atoms with van der Waals surface area (Å²) in [6.45, 7) is 4.55. The molecule has 22 heavy (non-hydrogen) atoms. The third-order valence-electron chi connectivity index (χ3n) is 3.77. The van der Waals surface area contributed by atoms with Gasteiger partial charge in [-0.15, -0.1) is 10.2 Å². The first-order valence-corrected chi connectivity index (χ1v) is 7.45. The molecule has 0 saturated heterocycles. The molecular formula is C16H18FN3O2. The Kier molecular flexibility index (Phi) is 3.92. The van der Waals surface area contributed by atoms with Gasteiger partial charge in [0.25, 0.3) is 0 Å². The van der Waals surface area contributed by atoms with E-state index in [1.165, 1.54) is 12.1 Å². The molecule has 0 fully saturated rings. The predicted molar refractivity (Wildman–Crippen MR) is 79.2 cm³/mol. The Hall–Kier alpha value is -2.24.